The molecule has 11 nitrogen and oxygen atoms in total. The van der Waals surface area contributed by atoms with Crippen LogP contribution in [0.25, 0.3) is 0 Å². The zero-order valence-electron chi connectivity index (χ0n) is 21.2. The van der Waals surface area contributed by atoms with Gasteiger partial charge in [-0.05, 0) is 26.2 Å². The Kier molecular flexibility index (Phi) is 11.5. The zero-order valence-corrected chi connectivity index (χ0v) is 21.2. The molecule has 2 saturated heterocycles. The maximum Gasteiger partial charge on any atom is 0.225 e. The highest BCUT2D eigenvalue weighted by Crippen LogP contribution is 2.37. The van der Waals surface area contributed by atoms with E-state index in [1.54, 1.807) is 13.8 Å². The number of aliphatic hydroxyl groups is 4. The van der Waals surface area contributed by atoms with E-state index in [4.69, 9.17) is 25.7 Å². The molecule has 0 bridgehead atoms. The van der Waals surface area contributed by atoms with Gasteiger partial charge in [0.1, 0.15) is 6.10 Å². The molecular formula is C24H45N3O8. The first-order chi connectivity index (χ1) is 16.4. The molecule has 0 radical (unpaired) electrons. The van der Waals surface area contributed by atoms with Crippen LogP contribution in [-0.2, 0) is 19.0 Å². The third kappa shape index (κ3) is 8.73. The van der Waals surface area contributed by atoms with E-state index in [1.165, 1.54) is 0 Å². The molecule has 11 heteroatoms. The number of carbonyl (C=O) groups excluding carboxylic acids is 1. The van der Waals surface area contributed by atoms with Crippen molar-refractivity contribution in [3.63, 3.8) is 0 Å². The number of rotatable bonds is 11. The van der Waals surface area contributed by atoms with Crippen LogP contribution in [0.15, 0.2) is 12.2 Å². The largest absolute Gasteiger partial charge is 0.393 e. The van der Waals surface area contributed by atoms with Crippen LogP contribution in [0.1, 0.15) is 53.4 Å². The molecule has 9 N–H and O–H groups in total. The molecule has 5 unspecified atom stereocenters. The van der Waals surface area contributed by atoms with Gasteiger partial charge < -0.3 is 51.4 Å². The SMILES string of the molecule is CC(C)/C=C/[C@@H](C[C@@H]1O[C@](O)(C[C@H](C)O)CC[C@H]1C(=O)NCCN)OC1OC(C)C(O)C(N)C1O. The lowest BCUT2D eigenvalue weighted by Gasteiger charge is -2.44. The van der Waals surface area contributed by atoms with Gasteiger partial charge in [-0.2, -0.15) is 0 Å². The monoisotopic (exact) mass is 503 g/mol. The Labute approximate surface area is 207 Å². The van der Waals surface area contributed by atoms with Crippen LogP contribution >= 0.6 is 0 Å². The van der Waals surface area contributed by atoms with Gasteiger partial charge in [0, 0.05) is 32.4 Å². The van der Waals surface area contributed by atoms with E-state index in [-0.39, 0.29) is 31.1 Å². The minimum atomic E-state index is -1.59. The van der Waals surface area contributed by atoms with Crippen LogP contribution in [-0.4, -0.2) is 94.2 Å². The first-order valence-corrected chi connectivity index (χ1v) is 12.5. The van der Waals surface area contributed by atoms with E-state index in [9.17, 15) is 25.2 Å². The number of allylic oxidation sites excluding steroid dienone is 1. The van der Waals surface area contributed by atoms with E-state index in [0.717, 1.165) is 0 Å². The summed E-state index contributed by atoms with van der Waals surface area (Å²) < 4.78 is 17.8. The third-order valence-corrected chi connectivity index (χ3v) is 6.44. The molecule has 0 saturated carbocycles. The minimum absolute atomic E-state index is 0.00268. The summed E-state index contributed by atoms with van der Waals surface area (Å²) in [5.41, 5.74) is 11.5. The van der Waals surface area contributed by atoms with E-state index in [2.05, 4.69) is 5.32 Å². The summed E-state index contributed by atoms with van der Waals surface area (Å²) in [4.78, 5) is 12.9. The standard InChI is InChI=1S/C24H45N3O8/c1-13(2)5-6-16(34-23-21(30)19(26)20(29)15(4)33-23)11-18-17(22(31)27-10-9-25)7-8-24(32,35-18)12-14(3)28/h5-6,13-21,23,28-30,32H,7-12,25-26H2,1-4H3,(H,27,31)/b6-5+/t14-,15?,16-,17+,18-,19?,20?,21?,23?,24-/m0/s1. The Hall–Kier alpha value is -1.15. The lowest BCUT2D eigenvalue weighted by molar-refractivity contribution is -0.294. The van der Waals surface area contributed by atoms with Crippen molar-refractivity contribution in [2.75, 3.05) is 13.1 Å². The molecule has 2 fully saturated rings. The van der Waals surface area contributed by atoms with Crippen LogP contribution in [0.3, 0.4) is 0 Å². The first-order valence-electron chi connectivity index (χ1n) is 12.5. The Morgan fingerprint density at radius 3 is 2.54 bits per heavy atom. The van der Waals surface area contributed by atoms with E-state index >= 15 is 0 Å². The van der Waals surface area contributed by atoms with Gasteiger partial charge in [-0.1, -0.05) is 26.0 Å². The van der Waals surface area contributed by atoms with Crippen molar-refractivity contribution in [3.05, 3.63) is 12.2 Å². The molecule has 2 aliphatic rings. The number of nitrogens with two attached hydrogens (primary N) is 2. The maximum atomic E-state index is 12.9. The second-order valence-corrected chi connectivity index (χ2v) is 10.2. The lowest BCUT2D eigenvalue weighted by atomic mass is 9.85. The van der Waals surface area contributed by atoms with Gasteiger partial charge >= 0.3 is 0 Å². The summed E-state index contributed by atoms with van der Waals surface area (Å²) >= 11 is 0. The topological polar surface area (TPSA) is 190 Å². The highest BCUT2D eigenvalue weighted by molar-refractivity contribution is 5.79. The maximum absolute atomic E-state index is 12.9. The molecule has 0 aromatic carbocycles. The van der Waals surface area contributed by atoms with Gasteiger partial charge in [0.05, 0.1) is 42.5 Å². The van der Waals surface area contributed by atoms with Crippen molar-refractivity contribution in [2.45, 2.75) is 108 Å². The summed E-state index contributed by atoms with van der Waals surface area (Å²) in [6.07, 6.45) is -1.81. The van der Waals surface area contributed by atoms with E-state index in [1.807, 2.05) is 26.0 Å². The molecular weight excluding hydrogens is 458 g/mol. The average molecular weight is 504 g/mol. The number of hydrogen-bond donors (Lipinski definition) is 7. The molecule has 2 heterocycles. The number of ether oxygens (including phenoxy) is 3. The van der Waals surface area contributed by atoms with Gasteiger partial charge in [-0.25, -0.2) is 0 Å². The molecule has 0 aromatic rings. The van der Waals surface area contributed by atoms with Crippen LogP contribution in [0, 0.1) is 11.8 Å². The second kappa shape index (κ2) is 13.4. The number of hydrogen-bond acceptors (Lipinski definition) is 10. The Balaban J connectivity index is 2.26. The molecule has 0 spiro atoms. The number of aliphatic hydroxyl groups excluding tert-OH is 3. The molecule has 10 atom stereocenters. The summed E-state index contributed by atoms with van der Waals surface area (Å²) in [6.45, 7) is 7.80. The van der Waals surface area contributed by atoms with Gasteiger partial charge in [0.25, 0.3) is 0 Å². The van der Waals surface area contributed by atoms with Crippen LogP contribution in [0.4, 0.5) is 0 Å². The highest BCUT2D eigenvalue weighted by atomic mass is 16.7. The molecule has 0 aromatic heterocycles. The van der Waals surface area contributed by atoms with Crippen LogP contribution in [0.2, 0.25) is 0 Å². The van der Waals surface area contributed by atoms with E-state index in [0.29, 0.717) is 19.5 Å². The number of nitrogens with one attached hydrogen (secondary N) is 1. The highest BCUT2D eigenvalue weighted by Gasteiger charge is 2.46. The zero-order chi connectivity index (χ0) is 26.3. The molecule has 2 aliphatic heterocycles. The third-order valence-electron chi connectivity index (χ3n) is 6.44. The van der Waals surface area contributed by atoms with Crippen molar-refractivity contribution >= 4 is 5.91 Å². The molecule has 1 amide bonds. The normalized spacial score (nSPS) is 38.0. The average Bonchev–Trinajstić information content (AvgIpc) is 2.77. The fraction of sp³-hybridized carbons (Fsp3) is 0.875. The Bertz CT molecular complexity index is 694. The smallest absolute Gasteiger partial charge is 0.225 e. The fourth-order valence-corrected chi connectivity index (χ4v) is 4.55. The van der Waals surface area contributed by atoms with Crippen molar-refractivity contribution in [1.29, 1.82) is 0 Å². The van der Waals surface area contributed by atoms with Crippen molar-refractivity contribution < 1.29 is 39.4 Å². The predicted molar refractivity (Wildman–Crippen MR) is 129 cm³/mol. The Morgan fingerprint density at radius 1 is 1.26 bits per heavy atom. The molecule has 0 aliphatic carbocycles. The Morgan fingerprint density at radius 2 is 1.94 bits per heavy atom. The fourth-order valence-electron chi connectivity index (χ4n) is 4.55. The van der Waals surface area contributed by atoms with Gasteiger partial charge in [-0.15, -0.1) is 0 Å². The summed E-state index contributed by atoms with van der Waals surface area (Å²) in [7, 11) is 0. The number of carbonyl (C=O) groups is 1. The van der Waals surface area contributed by atoms with Crippen molar-refractivity contribution in [1.82, 2.24) is 5.32 Å². The lowest BCUT2D eigenvalue weighted by Crippen LogP contribution is -2.61. The van der Waals surface area contributed by atoms with Crippen molar-refractivity contribution in [2.24, 2.45) is 23.3 Å². The summed E-state index contributed by atoms with van der Waals surface area (Å²) in [5.74, 6) is -2.20. The minimum Gasteiger partial charge on any atom is -0.393 e. The molecule has 35 heavy (non-hydrogen) atoms. The van der Waals surface area contributed by atoms with Gasteiger partial charge in [0.15, 0.2) is 12.1 Å². The van der Waals surface area contributed by atoms with Crippen LogP contribution < -0.4 is 16.8 Å². The summed E-state index contributed by atoms with van der Waals surface area (Å²) in [6, 6.07) is -0.949. The predicted octanol–water partition coefficient (Wildman–Crippen LogP) is -0.903. The van der Waals surface area contributed by atoms with Gasteiger partial charge in [0.2, 0.25) is 5.91 Å². The first kappa shape index (κ1) is 30.1. The van der Waals surface area contributed by atoms with E-state index < -0.39 is 60.7 Å². The van der Waals surface area contributed by atoms with Gasteiger partial charge in [-0.3, -0.25) is 4.79 Å². The van der Waals surface area contributed by atoms with Crippen molar-refractivity contribution in [3.8, 4) is 0 Å². The summed E-state index contributed by atoms with van der Waals surface area (Å²) in [5, 5.41) is 44.3. The molecule has 204 valence electrons. The second-order valence-electron chi connectivity index (χ2n) is 10.2. The van der Waals surface area contributed by atoms with Crippen LogP contribution in [0.5, 0.6) is 0 Å². The number of amides is 1. The molecule has 2 rings (SSSR count). The quantitative estimate of drug-likeness (QED) is 0.174.